The topological polar surface area (TPSA) is 39.2 Å². The van der Waals surface area contributed by atoms with Crippen molar-refractivity contribution in [3.8, 4) is 11.8 Å². The van der Waals surface area contributed by atoms with Gasteiger partial charge in [0.25, 0.3) is 0 Å². The highest BCUT2D eigenvalue weighted by Crippen LogP contribution is 2.06. The normalized spacial score (nSPS) is 10.2. The first kappa shape index (κ1) is 10.7. The minimum Gasteiger partial charge on any atom is -0.450 e. The second kappa shape index (κ2) is 4.25. The highest BCUT2D eigenvalue weighted by atomic mass is 32.1. The van der Waals surface area contributed by atoms with Crippen LogP contribution in [0.25, 0.3) is 0 Å². The van der Waals surface area contributed by atoms with Crippen LogP contribution in [0.2, 0.25) is 0 Å². The highest BCUT2D eigenvalue weighted by molar-refractivity contribution is 7.03. The number of hydrogen-bond acceptors (Lipinski definition) is 4. The van der Waals surface area contributed by atoms with E-state index in [2.05, 4.69) is 16.2 Å². The largest absolute Gasteiger partial charge is 0.450 e. The molecule has 0 unspecified atom stereocenters. The molecule has 0 saturated carbocycles. The molecule has 0 N–H and O–H groups in total. The van der Waals surface area contributed by atoms with Crippen molar-refractivity contribution >= 4 is 17.5 Å². The summed E-state index contributed by atoms with van der Waals surface area (Å²) in [5.74, 6) is 4.56. The molecule has 74 valence electrons. The van der Waals surface area contributed by atoms with Crippen LogP contribution in [-0.4, -0.2) is 15.9 Å². The van der Waals surface area contributed by atoms with Gasteiger partial charge in [-0.05, 0) is 32.3 Å². The fourth-order valence-corrected chi connectivity index (χ4v) is 1.16. The Bertz CT molecular complexity index is 365. The van der Waals surface area contributed by atoms with Gasteiger partial charge in [0.1, 0.15) is 5.60 Å². The zero-order valence-electron chi connectivity index (χ0n) is 8.33. The summed E-state index contributed by atoms with van der Waals surface area (Å²) in [6.07, 6.45) is 1.61. The van der Waals surface area contributed by atoms with Crippen molar-refractivity contribution in [2.75, 3.05) is 0 Å². The molecule has 0 fully saturated rings. The maximum Gasteiger partial charge on any atom is 0.385 e. The molecule has 1 aromatic heterocycles. The summed E-state index contributed by atoms with van der Waals surface area (Å²) in [7, 11) is 0. The van der Waals surface area contributed by atoms with Gasteiger partial charge < -0.3 is 4.74 Å². The van der Waals surface area contributed by atoms with Gasteiger partial charge in [-0.1, -0.05) is 5.92 Å². The Morgan fingerprint density at radius 2 is 2.29 bits per heavy atom. The van der Waals surface area contributed by atoms with Crippen molar-refractivity contribution in [1.82, 2.24) is 4.37 Å². The number of ether oxygens (including phenoxy) is 1. The van der Waals surface area contributed by atoms with Crippen molar-refractivity contribution in [1.29, 1.82) is 0 Å². The Labute approximate surface area is 87.3 Å². The van der Waals surface area contributed by atoms with Crippen LogP contribution in [0.1, 0.15) is 26.3 Å². The number of carbonyl (C=O) groups is 1. The molecule has 3 nitrogen and oxygen atoms in total. The zero-order chi connectivity index (χ0) is 10.6. The molecule has 0 aliphatic rings. The molecule has 1 aromatic rings. The Hall–Kier alpha value is -1.34. The minimum absolute atomic E-state index is 0.487. The number of hydrogen-bond donors (Lipinski definition) is 0. The van der Waals surface area contributed by atoms with Crippen molar-refractivity contribution in [2.45, 2.75) is 26.4 Å². The van der Waals surface area contributed by atoms with Crippen LogP contribution < -0.4 is 0 Å². The Morgan fingerprint density at radius 1 is 1.57 bits per heavy atom. The van der Waals surface area contributed by atoms with Crippen molar-refractivity contribution in [3.05, 3.63) is 17.1 Å². The van der Waals surface area contributed by atoms with Crippen LogP contribution in [0.15, 0.2) is 11.6 Å². The van der Waals surface area contributed by atoms with E-state index >= 15 is 0 Å². The van der Waals surface area contributed by atoms with Gasteiger partial charge in [0, 0.05) is 11.3 Å². The third-order valence-corrected chi connectivity index (χ3v) is 1.73. The summed E-state index contributed by atoms with van der Waals surface area (Å²) < 4.78 is 8.87. The molecule has 0 bridgehead atoms. The van der Waals surface area contributed by atoms with E-state index in [9.17, 15) is 4.79 Å². The van der Waals surface area contributed by atoms with Crippen LogP contribution in [0.3, 0.4) is 0 Å². The van der Waals surface area contributed by atoms with Crippen molar-refractivity contribution in [2.24, 2.45) is 0 Å². The van der Waals surface area contributed by atoms with E-state index in [4.69, 9.17) is 4.74 Å². The van der Waals surface area contributed by atoms with E-state index in [1.165, 1.54) is 11.5 Å². The van der Waals surface area contributed by atoms with E-state index < -0.39 is 11.6 Å². The quantitative estimate of drug-likeness (QED) is 0.483. The average molecular weight is 209 g/mol. The number of aromatic nitrogens is 1. The van der Waals surface area contributed by atoms with Gasteiger partial charge in [0.2, 0.25) is 0 Å². The Balaban J connectivity index is 2.57. The molecule has 14 heavy (non-hydrogen) atoms. The van der Waals surface area contributed by atoms with Gasteiger partial charge in [0.15, 0.2) is 0 Å². The Morgan fingerprint density at radius 3 is 2.79 bits per heavy atom. The lowest BCUT2D eigenvalue weighted by Gasteiger charge is -2.16. The number of carbonyl (C=O) groups excluding carboxylic acids is 1. The van der Waals surface area contributed by atoms with Crippen LogP contribution >= 0.6 is 11.5 Å². The first-order valence-corrected chi connectivity index (χ1v) is 4.95. The third-order valence-electron chi connectivity index (χ3n) is 1.14. The first-order chi connectivity index (χ1) is 6.47. The molecular formula is C10H11NO2S. The highest BCUT2D eigenvalue weighted by Gasteiger charge is 2.14. The molecule has 0 aliphatic carbocycles. The van der Waals surface area contributed by atoms with E-state index in [1.54, 1.807) is 32.3 Å². The number of rotatable bonds is 0. The maximum absolute atomic E-state index is 11.1. The second-order valence-corrected chi connectivity index (χ2v) is 4.32. The minimum atomic E-state index is -0.510. The predicted octanol–water partition coefficient (Wildman–Crippen LogP) is 1.84. The predicted molar refractivity (Wildman–Crippen MR) is 54.8 cm³/mol. The third kappa shape index (κ3) is 4.06. The molecule has 0 radical (unpaired) electrons. The first-order valence-electron chi connectivity index (χ1n) is 4.12. The summed E-state index contributed by atoms with van der Waals surface area (Å²) in [5.41, 5.74) is 0.249. The number of esters is 1. The lowest BCUT2D eigenvalue weighted by Crippen LogP contribution is -2.22. The van der Waals surface area contributed by atoms with E-state index in [-0.39, 0.29) is 0 Å². The van der Waals surface area contributed by atoms with E-state index in [0.717, 1.165) is 5.56 Å². The SMILES string of the molecule is CC(C)(C)OC(=O)C#Cc1cnsc1. The molecule has 1 rings (SSSR count). The molecule has 0 aromatic carbocycles. The fourth-order valence-electron chi connectivity index (χ4n) is 0.693. The molecule has 0 saturated heterocycles. The van der Waals surface area contributed by atoms with Gasteiger partial charge in [-0.3, -0.25) is 0 Å². The number of nitrogens with zero attached hydrogens (tertiary/aromatic N) is 1. The summed E-state index contributed by atoms with van der Waals surface area (Å²) in [5, 5.41) is 1.78. The van der Waals surface area contributed by atoms with Gasteiger partial charge in [-0.15, -0.1) is 0 Å². The van der Waals surface area contributed by atoms with Gasteiger partial charge in [-0.2, -0.15) is 4.37 Å². The van der Waals surface area contributed by atoms with Crippen LogP contribution in [-0.2, 0) is 9.53 Å². The Kier molecular flexibility index (Phi) is 3.26. The van der Waals surface area contributed by atoms with E-state index in [1.807, 2.05) is 0 Å². The summed E-state index contributed by atoms with van der Waals surface area (Å²) in [6, 6.07) is 0. The van der Waals surface area contributed by atoms with Gasteiger partial charge >= 0.3 is 5.97 Å². The lowest BCUT2D eigenvalue weighted by molar-refractivity contribution is -0.147. The summed E-state index contributed by atoms with van der Waals surface area (Å²) in [4.78, 5) is 11.1. The van der Waals surface area contributed by atoms with Gasteiger partial charge in [0.05, 0.1) is 11.8 Å². The molecule has 0 aliphatic heterocycles. The monoisotopic (exact) mass is 209 g/mol. The molecule has 1 heterocycles. The smallest absolute Gasteiger partial charge is 0.385 e. The van der Waals surface area contributed by atoms with E-state index in [0.29, 0.717) is 0 Å². The maximum atomic E-state index is 11.1. The van der Waals surface area contributed by atoms with Crippen LogP contribution in [0.4, 0.5) is 0 Å². The molecule has 0 atom stereocenters. The summed E-state index contributed by atoms with van der Waals surface area (Å²) in [6.45, 7) is 5.41. The fraction of sp³-hybridized carbons (Fsp3) is 0.400. The summed E-state index contributed by atoms with van der Waals surface area (Å²) >= 11 is 1.30. The molecule has 0 spiro atoms. The van der Waals surface area contributed by atoms with Crippen LogP contribution in [0, 0.1) is 11.8 Å². The average Bonchev–Trinajstić information content (AvgIpc) is 2.49. The lowest BCUT2D eigenvalue weighted by atomic mass is 10.2. The van der Waals surface area contributed by atoms with Crippen molar-refractivity contribution in [3.63, 3.8) is 0 Å². The van der Waals surface area contributed by atoms with Crippen molar-refractivity contribution < 1.29 is 9.53 Å². The van der Waals surface area contributed by atoms with Crippen LogP contribution in [0.5, 0.6) is 0 Å². The second-order valence-electron chi connectivity index (χ2n) is 3.67. The standard InChI is InChI=1S/C10H11NO2S/c1-10(2,3)13-9(12)5-4-8-6-11-14-7-8/h6-7H,1-3H3. The zero-order valence-corrected chi connectivity index (χ0v) is 9.14. The molecule has 0 amide bonds. The molecular weight excluding hydrogens is 198 g/mol. The van der Waals surface area contributed by atoms with Gasteiger partial charge in [-0.25, -0.2) is 4.79 Å². The molecule has 4 heteroatoms.